The molecule has 0 fully saturated rings. The fraction of sp³-hybridized carbons (Fsp3) is 0.697. The van der Waals surface area contributed by atoms with Gasteiger partial charge in [0.2, 0.25) is 5.85 Å². The lowest BCUT2D eigenvalue weighted by Crippen LogP contribution is -2.49. The molecule has 0 aromatic carbocycles. The van der Waals surface area contributed by atoms with E-state index in [9.17, 15) is 139 Å². The zero-order valence-electron chi connectivity index (χ0n) is 56.7. The minimum atomic E-state index is -5.14. The largest absolute Gasteiger partial charge is 0.522 e. The summed E-state index contributed by atoms with van der Waals surface area (Å²) >= 11 is 0. The van der Waals surface area contributed by atoms with E-state index >= 15 is 0 Å². The zero-order chi connectivity index (χ0) is 82.0. The molecule has 0 rings (SSSR count). The van der Waals surface area contributed by atoms with Gasteiger partial charge < -0.3 is 25.5 Å². The Morgan fingerprint density at radius 2 is 0.476 bits per heavy atom. The minimum absolute atomic E-state index is 0.0426. The van der Waals surface area contributed by atoms with Gasteiger partial charge in [-0.3, -0.25) is 23.7 Å². The average molecular weight is 1560 g/mol. The fourth-order valence-corrected chi connectivity index (χ4v) is 8.21. The van der Waals surface area contributed by atoms with E-state index in [1.54, 1.807) is 12.2 Å². The summed E-state index contributed by atoms with van der Waals surface area (Å²) in [5, 5.41) is 49.0. The van der Waals surface area contributed by atoms with Crippen molar-refractivity contribution in [3.63, 3.8) is 0 Å². The second kappa shape index (κ2) is 52.2. The van der Waals surface area contributed by atoms with Crippen LogP contribution in [0, 0.1) is 0 Å². The van der Waals surface area contributed by atoms with Crippen LogP contribution in [0.2, 0.25) is 0 Å². The topological polar surface area (TPSA) is 147 Å². The highest BCUT2D eigenvalue weighted by Crippen LogP contribution is 2.44. The van der Waals surface area contributed by atoms with Gasteiger partial charge >= 0.3 is 31.8 Å². The lowest BCUT2D eigenvalue weighted by molar-refractivity contribution is -0.341. The van der Waals surface area contributed by atoms with Gasteiger partial charge in [0.1, 0.15) is 29.0 Å². The third-order valence-electron chi connectivity index (χ3n) is 13.7. The van der Waals surface area contributed by atoms with E-state index in [1.165, 1.54) is 30.4 Å². The first-order valence-electron chi connectivity index (χ1n) is 31.1. The number of hydrogen-bond acceptors (Lipinski definition) is 10. The predicted octanol–water partition coefficient (Wildman–Crippen LogP) is 21.9. The summed E-state index contributed by atoms with van der Waals surface area (Å²) in [5.41, 5.74) is -9.62. The molecule has 1 unspecified atom stereocenters. The highest BCUT2D eigenvalue weighted by atomic mass is 19.4. The summed E-state index contributed by atoms with van der Waals surface area (Å²) in [6.07, 6.45) is -14.0. The Kier molecular flexibility index (Phi) is 55.2. The lowest BCUT2D eigenvalue weighted by atomic mass is 9.83. The van der Waals surface area contributed by atoms with Crippen LogP contribution in [0.15, 0.2) is 127 Å². The number of aliphatic hydroxyl groups is 5. The molecule has 0 saturated heterocycles. The molecule has 0 heterocycles. The molecular weight excluding hydrogens is 1470 g/mol. The van der Waals surface area contributed by atoms with Crippen molar-refractivity contribution in [2.24, 2.45) is 0 Å². The van der Waals surface area contributed by atoms with Crippen LogP contribution in [-0.2, 0) is 23.7 Å². The monoisotopic (exact) mass is 1560 g/mol. The molecule has 0 amide bonds. The van der Waals surface area contributed by atoms with Crippen molar-refractivity contribution in [1.82, 2.24) is 0 Å². The molecular formula is C66H97F27O10. The second-order valence-electron chi connectivity index (χ2n) is 22.5. The summed E-state index contributed by atoms with van der Waals surface area (Å²) in [4.78, 5) is 0. The van der Waals surface area contributed by atoms with Gasteiger partial charge in [0.05, 0.1) is 26.4 Å². The number of halogens is 27. The molecule has 0 aromatic rings. The molecule has 0 aromatic heterocycles. The zero-order valence-corrected chi connectivity index (χ0v) is 56.7. The van der Waals surface area contributed by atoms with Crippen LogP contribution >= 0.6 is 0 Å². The van der Waals surface area contributed by atoms with Crippen LogP contribution in [-0.4, -0.2) is 155 Å². The first-order chi connectivity index (χ1) is 46.7. The normalized spacial score (nSPS) is 13.6. The van der Waals surface area contributed by atoms with Crippen molar-refractivity contribution in [2.45, 2.75) is 250 Å². The number of alkyl halides is 27. The molecule has 10 nitrogen and oxygen atoms in total. The van der Waals surface area contributed by atoms with Gasteiger partial charge in [-0.25, -0.2) is 52.7 Å². The Balaban J connectivity index is -0.000000281. The Morgan fingerprint density at radius 1 is 0.243 bits per heavy atom. The van der Waals surface area contributed by atoms with Crippen molar-refractivity contribution in [2.75, 3.05) is 39.7 Å². The maximum atomic E-state index is 14.3. The third kappa shape index (κ3) is 57.0. The maximum absolute atomic E-state index is 14.3. The number of unbranched alkanes of at least 4 members (excludes halogenated alkanes) is 6. The van der Waals surface area contributed by atoms with Gasteiger partial charge in [0.15, 0.2) is 6.67 Å². The summed E-state index contributed by atoms with van der Waals surface area (Å²) in [7, 11) is 0. The van der Waals surface area contributed by atoms with Crippen LogP contribution in [0.5, 0.6) is 0 Å². The van der Waals surface area contributed by atoms with Crippen molar-refractivity contribution < 1.29 is 168 Å². The van der Waals surface area contributed by atoms with Crippen LogP contribution < -0.4 is 0 Å². The van der Waals surface area contributed by atoms with Gasteiger partial charge in [0, 0.05) is 51.4 Å². The van der Waals surface area contributed by atoms with Crippen LogP contribution in [0.4, 0.5) is 119 Å². The van der Waals surface area contributed by atoms with Gasteiger partial charge in [-0.1, -0.05) is 73.6 Å². The molecule has 0 saturated carbocycles. The standard InChI is InChI=1S/C17H27F5O2.C15H23F5O2.C12H17F5O2.C11H15F5O2.C7H11FO.C4H4F6O/c1-3-5-7-9-11-15(23,12-10-8-6-4-2)16(18,19)13-14-24-17(20,21)22;1-3-5-7-9-13(21,10-8-6-4-2)14(16,17)11-12-22-15(18,19)20;1-3-5-7-10(18,6-4-2)11(13,14)8-9-19-12(15,16)17;1-3-5-9(17,6-4-2)10(12,13)7-8-18-11(14,15)16;1-3-5-7(8,9)6-4-2;5-1-3(6,7)2-11-4(8,9)10/h3-4,23H,1-2,5-14H2;3-4,21H,1-2,5-12H2;3-4,18H,1-2,5-9H2;3-4,17H,1-2,5-8H2;3-4,9H,1-2,5-6H2;1-2H2. The Morgan fingerprint density at radius 3 is 0.718 bits per heavy atom. The van der Waals surface area contributed by atoms with Crippen molar-refractivity contribution in [3.05, 3.63) is 127 Å². The molecule has 5 N–H and O–H groups in total. The van der Waals surface area contributed by atoms with Gasteiger partial charge in [-0.15, -0.1) is 132 Å². The SMILES string of the molecule is C=CCC(O)(CC=C)C(F)(F)CCOC(F)(F)F.C=CCC(O)(F)CC=C.C=CCCC(O)(CC=C)C(F)(F)CCOC(F)(F)F.C=CCCCC(O)(CCCC=C)C(F)(F)CCOC(F)(F)F.C=CCCCCC(O)(CCCCC=C)C(F)(F)CCOC(F)(F)F.FCC(F)(F)COC(F)(F)F. The molecule has 37 heteroatoms. The van der Waals surface area contributed by atoms with Crippen LogP contribution in [0.1, 0.15) is 161 Å². The third-order valence-corrected chi connectivity index (χ3v) is 13.7. The van der Waals surface area contributed by atoms with E-state index in [4.69, 9.17) is 5.11 Å². The minimum Gasteiger partial charge on any atom is -0.384 e. The molecule has 0 aliphatic carbocycles. The fourth-order valence-electron chi connectivity index (χ4n) is 8.21. The molecule has 0 spiro atoms. The molecule has 0 radical (unpaired) electrons. The number of allylic oxidation sites excluding steroid dienone is 5. The lowest BCUT2D eigenvalue weighted by Gasteiger charge is -2.36. The van der Waals surface area contributed by atoms with Crippen molar-refractivity contribution in [1.29, 1.82) is 0 Å². The van der Waals surface area contributed by atoms with Crippen molar-refractivity contribution in [3.8, 4) is 0 Å². The first-order valence-corrected chi connectivity index (χ1v) is 31.1. The first kappa shape index (κ1) is 109. The summed E-state index contributed by atoms with van der Waals surface area (Å²) in [6, 6.07) is 0. The Labute approximate surface area is 583 Å². The Bertz CT molecular complexity index is 2250. The van der Waals surface area contributed by atoms with Crippen LogP contribution in [0.3, 0.4) is 0 Å². The molecule has 1 atom stereocenters. The molecule has 610 valence electrons. The average Bonchev–Trinajstić information content (AvgIpc) is 0.830. The van der Waals surface area contributed by atoms with Crippen LogP contribution in [0.25, 0.3) is 0 Å². The van der Waals surface area contributed by atoms with Gasteiger partial charge in [-0.2, -0.15) is 0 Å². The van der Waals surface area contributed by atoms with E-state index < -0.39 is 174 Å². The van der Waals surface area contributed by atoms with Gasteiger partial charge in [-0.05, 0) is 96.3 Å². The van der Waals surface area contributed by atoms with Gasteiger partial charge in [0.25, 0.3) is 29.6 Å². The number of hydrogen-bond donors (Lipinski definition) is 5. The number of ether oxygens (including phenoxy) is 5. The predicted molar refractivity (Wildman–Crippen MR) is 334 cm³/mol. The van der Waals surface area contributed by atoms with E-state index in [0.717, 1.165) is 18.2 Å². The summed E-state index contributed by atoms with van der Waals surface area (Å²) in [5.74, 6) is -21.0. The molecule has 103 heavy (non-hydrogen) atoms. The second-order valence-corrected chi connectivity index (χ2v) is 22.5. The summed E-state index contributed by atoms with van der Waals surface area (Å²) < 4.78 is 350. The van der Waals surface area contributed by atoms with Crippen molar-refractivity contribution >= 4 is 0 Å². The maximum Gasteiger partial charge on any atom is 0.522 e. The quantitative estimate of drug-likeness (QED) is 0.0227. The number of rotatable bonds is 50. The Hall–Kier alpha value is -4.89. The highest BCUT2D eigenvalue weighted by Gasteiger charge is 2.55. The van der Waals surface area contributed by atoms with E-state index in [0.29, 0.717) is 51.4 Å². The molecule has 0 aliphatic rings. The molecule has 0 bridgehead atoms. The molecule has 0 aliphatic heterocycles. The van der Waals surface area contributed by atoms with E-state index in [2.05, 4.69) is 89.5 Å². The highest BCUT2D eigenvalue weighted by molar-refractivity contribution is 5.02. The van der Waals surface area contributed by atoms with E-state index in [1.807, 2.05) is 0 Å². The van der Waals surface area contributed by atoms with E-state index in [-0.39, 0.29) is 64.2 Å². The summed E-state index contributed by atoms with van der Waals surface area (Å²) in [6.45, 7) is 24.7. The smallest absolute Gasteiger partial charge is 0.384 e.